The van der Waals surface area contributed by atoms with E-state index in [9.17, 15) is 4.79 Å². The highest BCUT2D eigenvalue weighted by Gasteiger charge is 2.08. The molecule has 0 radical (unpaired) electrons. The topological polar surface area (TPSA) is 93.9 Å². The summed E-state index contributed by atoms with van der Waals surface area (Å²) in [5.41, 5.74) is 7.77. The maximum absolute atomic E-state index is 11.9. The van der Waals surface area contributed by atoms with Crippen molar-refractivity contribution in [1.82, 2.24) is 15.0 Å². The smallest absolute Gasteiger partial charge is 0.268 e. The van der Waals surface area contributed by atoms with Crippen molar-refractivity contribution >= 4 is 21.6 Å². The number of thiophene rings is 1. The Morgan fingerprint density at radius 2 is 2.19 bits per heavy atom. The molecule has 0 fully saturated rings. The number of hydrogen-bond donors (Lipinski definition) is 2. The summed E-state index contributed by atoms with van der Waals surface area (Å²) in [5.74, 6) is 1.09. The van der Waals surface area contributed by atoms with Gasteiger partial charge in [0.05, 0.1) is 11.2 Å². The SMILES string of the molecule is Cc1ccc(OCc2nc3ccsc3c(=O)[nH]2)c(CN)n1. The van der Waals surface area contributed by atoms with Crippen molar-refractivity contribution in [2.24, 2.45) is 5.73 Å². The Balaban J connectivity index is 1.85. The molecule has 7 heteroatoms. The van der Waals surface area contributed by atoms with E-state index < -0.39 is 0 Å². The third-order valence-corrected chi connectivity index (χ3v) is 3.90. The second-order valence-electron chi connectivity index (χ2n) is 4.54. The number of aromatic nitrogens is 3. The second-order valence-corrected chi connectivity index (χ2v) is 5.45. The molecule has 0 unspecified atom stereocenters. The van der Waals surface area contributed by atoms with Crippen LogP contribution in [0.15, 0.2) is 28.4 Å². The molecule has 0 bridgehead atoms. The first-order valence-corrected chi connectivity index (χ1v) is 7.31. The van der Waals surface area contributed by atoms with Crippen LogP contribution in [0.2, 0.25) is 0 Å². The Morgan fingerprint density at radius 3 is 3.00 bits per heavy atom. The predicted octanol–water partition coefficient (Wildman–Crippen LogP) is 1.73. The summed E-state index contributed by atoms with van der Waals surface area (Å²) in [6.45, 7) is 2.36. The number of fused-ring (bicyclic) bond motifs is 1. The standard InChI is InChI=1S/C14H14N4O2S/c1-8-2-3-11(10(6-15)16-8)20-7-12-17-9-4-5-21-13(9)14(19)18-12/h2-5H,6-7,15H2,1H3,(H,17,18,19). The predicted molar refractivity (Wildman–Crippen MR) is 81.4 cm³/mol. The normalized spacial score (nSPS) is 11.0. The van der Waals surface area contributed by atoms with E-state index >= 15 is 0 Å². The van der Waals surface area contributed by atoms with Crippen molar-refractivity contribution in [1.29, 1.82) is 0 Å². The molecule has 0 saturated heterocycles. The van der Waals surface area contributed by atoms with Gasteiger partial charge in [-0.2, -0.15) is 0 Å². The molecule has 0 atom stereocenters. The Bertz CT molecular complexity index is 840. The van der Waals surface area contributed by atoms with Gasteiger partial charge in [0.2, 0.25) is 0 Å². The molecule has 0 aromatic carbocycles. The Kier molecular flexibility index (Phi) is 3.68. The number of nitrogens with zero attached hydrogens (tertiary/aromatic N) is 2. The van der Waals surface area contributed by atoms with Crippen LogP contribution in [0.3, 0.4) is 0 Å². The summed E-state index contributed by atoms with van der Waals surface area (Å²) in [6, 6.07) is 5.50. The Labute approximate surface area is 124 Å². The van der Waals surface area contributed by atoms with E-state index in [0.29, 0.717) is 34.0 Å². The summed E-state index contributed by atoms with van der Waals surface area (Å²) in [4.78, 5) is 23.3. The van der Waals surface area contributed by atoms with Gasteiger partial charge in [0.15, 0.2) is 0 Å². The molecule has 3 heterocycles. The van der Waals surface area contributed by atoms with Crippen molar-refractivity contribution in [3.63, 3.8) is 0 Å². The number of pyridine rings is 1. The van der Waals surface area contributed by atoms with Crippen LogP contribution in [0.1, 0.15) is 17.2 Å². The average Bonchev–Trinajstić information content (AvgIpc) is 2.94. The largest absolute Gasteiger partial charge is 0.484 e. The van der Waals surface area contributed by atoms with E-state index in [-0.39, 0.29) is 12.2 Å². The van der Waals surface area contributed by atoms with Gasteiger partial charge < -0.3 is 15.5 Å². The van der Waals surface area contributed by atoms with E-state index in [2.05, 4.69) is 15.0 Å². The minimum absolute atomic E-state index is 0.144. The molecule has 0 spiro atoms. The van der Waals surface area contributed by atoms with Crippen LogP contribution in [0.4, 0.5) is 0 Å². The van der Waals surface area contributed by atoms with Crippen molar-refractivity contribution in [2.75, 3.05) is 0 Å². The summed E-state index contributed by atoms with van der Waals surface area (Å²) in [6.07, 6.45) is 0. The lowest BCUT2D eigenvalue weighted by Gasteiger charge is -2.09. The van der Waals surface area contributed by atoms with Gasteiger partial charge in [-0.25, -0.2) is 4.98 Å². The summed E-state index contributed by atoms with van der Waals surface area (Å²) >= 11 is 1.37. The number of hydrogen-bond acceptors (Lipinski definition) is 6. The molecule has 21 heavy (non-hydrogen) atoms. The van der Waals surface area contributed by atoms with E-state index in [4.69, 9.17) is 10.5 Å². The van der Waals surface area contributed by atoms with Gasteiger partial charge in [0.1, 0.15) is 22.9 Å². The zero-order chi connectivity index (χ0) is 14.8. The molecular weight excluding hydrogens is 288 g/mol. The molecule has 0 aliphatic rings. The van der Waals surface area contributed by atoms with E-state index in [1.54, 1.807) is 0 Å². The fourth-order valence-electron chi connectivity index (χ4n) is 2.01. The van der Waals surface area contributed by atoms with Gasteiger partial charge in [-0.3, -0.25) is 9.78 Å². The molecule has 0 saturated carbocycles. The van der Waals surface area contributed by atoms with Gasteiger partial charge in [-0.1, -0.05) is 0 Å². The molecule has 0 aliphatic carbocycles. The molecule has 3 rings (SSSR count). The number of ether oxygens (including phenoxy) is 1. The second kappa shape index (κ2) is 5.63. The molecule has 3 aromatic rings. The molecule has 0 aliphatic heterocycles. The monoisotopic (exact) mass is 302 g/mol. The van der Waals surface area contributed by atoms with Crippen molar-refractivity contribution < 1.29 is 4.74 Å². The lowest BCUT2D eigenvalue weighted by Crippen LogP contribution is -2.13. The van der Waals surface area contributed by atoms with Crippen LogP contribution in [0, 0.1) is 6.92 Å². The average molecular weight is 302 g/mol. The third-order valence-electron chi connectivity index (χ3n) is 2.99. The Morgan fingerprint density at radius 1 is 1.33 bits per heavy atom. The summed E-state index contributed by atoms with van der Waals surface area (Å²) in [7, 11) is 0. The molecule has 0 amide bonds. The Hall–Kier alpha value is -2.25. The molecule has 3 N–H and O–H groups in total. The minimum Gasteiger partial charge on any atom is -0.484 e. The molecule has 6 nitrogen and oxygen atoms in total. The number of H-pyrrole nitrogens is 1. The van der Waals surface area contributed by atoms with Crippen LogP contribution in [-0.2, 0) is 13.2 Å². The van der Waals surface area contributed by atoms with Crippen LogP contribution in [0.25, 0.3) is 10.2 Å². The first-order chi connectivity index (χ1) is 10.2. The van der Waals surface area contributed by atoms with Gasteiger partial charge >= 0.3 is 0 Å². The van der Waals surface area contributed by atoms with Gasteiger partial charge in [-0.05, 0) is 30.5 Å². The van der Waals surface area contributed by atoms with Crippen LogP contribution in [-0.4, -0.2) is 15.0 Å². The van der Waals surface area contributed by atoms with Gasteiger partial charge in [0.25, 0.3) is 5.56 Å². The maximum Gasteiger partial charge on any atom is 0.268 e. The zero-order valence-electron chi connectivity index (χ0n) is 11.4. The summed E-state index contributed by atoms with van der Waals surface area (Å²) in [5, 5.41) is 1.84. The zero-order valence-corrected chi connectivity index (χ0v) is 12.2. The van der Waals surface area contributed by atoms with E-state index in [1.807, 2.05) is 30.5 Å². The highest BCUT2D eigenvalue weighted by atomic mass is 32.1. The van der Waals surface area contributed by atoms with Crippen LogP contribution >= 0.6 is 11.3 Å². The van der Waals surface area contributed by atoms with E-state index in [1.165, 1.54) is 11.3 Å². The van der Waals surface area contributed by atoms with Gasteiger partial charge in [-0.15, -0.1) is 11.3 Å². The highest BCUT2D eigenvalue weighted by Crippen LogP contribution is 2.18. The number of nitrogens with two attached hydrogens (primary N) is 1. The lowest BCUT2D eigenvalue weighted by molar-refractivity contribution is 0.291. The maximum atomic E-state index is 11.9. The molecular formula is C14H14N4O2S. The summed E-state index contributed by atoms with van der Waals surface area (Å²) < 4.78 is 6.30. The third kappa shape index (κ3) is 2.79. The molecule has 3 aromatic heterocycles. The van der Waals surface area contributed by atoms with E-state index in [0.717, 1.165) is 5.69 Å². The fraction of sp³-hybridized carbons (Fsp3) is 0.214. The minimum atomic E-state index is -0.144. The lowest BCUT2D eigenvalue weighted by atomic mass is 10.3. The molecule has 108 valence electrons. The number of aromatic amines is 1. The number of rotatable bonds is 4. The quantitative estimate of drug-likeness (QED) is 0.765. The van der Waals surface area contributed by atoms with Crippen molar-refractivity contribution in [3.8, 4) is 5.75 Å². The number of nitrogens with one attached hydrogen (secondary N) is 1. The van der Waals surface area contributed by atoms with Crippen LogP contribution in [0.5, 0.6) is 5.75 Å². The number of aryl methyl sites for hydroxylation is 1. The first kappa shape index (κ1) is 13.7. The fourth-order valence-corrected chi connectivity index (χ4v) is 2.74. The highest BCUT2D eigenvalue weighted by molar-refractivity contribution is 7.17. The first-order valence-electron chi connectivity index (χ1n) is 6.43. The van der Waals surface area contributed by atoms with Gasteiger partial charge in [0, 0.05) is 12.2 Å². The van der Waals surface area contributed by atoms with Crippen LogP contribution < -0.4 is 16.0 Å². The van der Waals surface area contributed by atoms with Crippen molar-refractivity contribution in [2.45, 2.75) is 20.1 Å². The van der Waals surface area contributed by atoms with Crippen molar-refractivity contribution in [3.05, 3.63) is 51.1 Å².